The summed E-state index contributed by atoms with van der Waals surface area (Å²) in [6, 6.07) is 2.84. The molecule has 0 amide bonds. The number of carbonyl (C=O) groups is 1. The molecule has 2 heterocycles. The third-order valence-corrected chi connectivity index (χ3v) is 2.98. The maximum absolute atomic E-state index is 11.0. The quantitative estimate of drug-likeness (QED) is 0.838. The van der Waals surface area contributed by atoms with Gasteiger partial charge in [-0.05, 0) is 19.1 Å². The Balaban J connectivity index is 2.37. The summed E-state index contributed by atoms with van der Waals surface area (Å²) in [5.74, 6) is -0.871. The van der Waals surface area contributed by atoms with Gasteiger partial charge in [0, 0.05) is 11.1 Å². The fourth-order valence-corrected chi connectivity index (χ4v) is 2.03. The van der Waals surface area contributed by atoms with Crippen molar-refractivity contribution in [3.63, 3.8) is 0 Å². The van der Waals surface area contributed by atoms with E-state index >= 15 is 0 Å². The summed E-state index contributed by atoms with van der Waals surface area (Å²) in [4.78, 5) is 20.0. The number of thiazole rings is 1. The van der Waals surface area contributed by atoms with Crippen LogP contribution in [0.25, 0.3) is 0 Å². The number of anilines is 2. The average molecular weight is 270 g/mol. The van der Waals surface area contributed by atoms with Gasteiger partial charge in [0.1, 0.15) is 16.5 Å². The standard InChI is InChI=1S/C10H8ClN3O2S/c1-5-4-12-10(17-5)14-8-6(9(15)16)2-3-7(11)13-8/h2-4H,1H3,(H,15,16)(H,12,13,14). The van der Waals surface area contributed by atoms with Gasteiger partial charge in [-0.25, -0.2) is 14.8 Å². The van der Waals surface area contributed by atoms with Crippen molar-refractivity contribution in [2.24, 2.45) is 0 Å². The Morgan fingerprint density at radius 1 is 1.53 bits per heavy atom. The highest BCUT2D eigenvalue weighted by Crippen LogP contribution is 2.24. The number of aromatic nitrogens is 2. The fraction of sp³-hybridized carbons (Fsp3) is 0.100. The van der Waals surface area contributed by atoms with E-state index in [0.29, 0.717) is 5.13 Å². The molecule has 0 unspecified atom stereocenters. The molecule has 0 aliphatic heterocycles. The van der Waals surface area contributed by atoms with Crippen molar-refractivity contribution in [3.05, 3.63) is 33.9 Å². The Bertz CT molecular complexity index is 570. The van der Waals surface area contributed by atoms with Gasteiger partial charge in [-0.1, -0.05) is 11.6 Å². The first kappa shape index (κ1) is 11.8. The van der Waals surface area contributed by atoms with E-state index in [1.807, 2.05) is 6.92 Å². The van der Waals surface area contributed by atoms with Crippen LogP contribution in [-0.4, -0.2) is 21.0 Å². The largest absolute Gasteiger partial charge is 0.478 e. The van der Waals surface area contributed by atoms with Gasteiger partial charge in [-0.3, -0.25) is 0 Å². The highest BCUT2D eigenvalue weighted by molar-refractivity contribution is 7.15. The molecule has 0 aliphatic carbocycles. The van der Waals surface area contributed by atoms with E-state index in [9.17, 15) is 4.79 Å². The number of carboxylic acids is 1. The van der Waals surface area contributed by atoms with Crippen LogP contribution in [0.15, 0.2) is 18.3 Å². The third-order valence-electron chi connectivity index (χ3n) is 1.94. The molecule has 0 fully saturated rings. The molecule has 0 spiro atoms. The lowest BCUT2D eigenvalue weighted by Gasteiger charge is -2.05. The van der Waals surface area contributed by atoms with Crippen molar-refractivity contribution in [2.45, 2.75) is 6.92 Å². The molecule has 0 radical (unpaired) electrons. The predicted molar refractivity (Wildman–Crippen MR) is 66.3 cm³/mol. The number of halogens is 1. The molecule has 17 heavy (non-hydrogen) atoms. The number of hydrogen-bond donors (Lipinski definition) is 2. The van der Waals surface area contributed by atoms with Gasteiger partial charge in [0.25, 0.3) is 0 Å². The minimum atomic E-state index is -1.06. The molecule has 0 bridgehead atoms. The molecule has 0 aromatic carbocycles. The molecule has 2 aromatic heterocycles. The Labute approximate surface area is 106 Å². The van der Waals surface area contributed by atoms with E-state index in [1.165, 1.54) is 23.5 Å². The van der Waals surface area contributed by atoms with Crippen molar-refractivity contribution < 1.29 is 9.90 Å². The van der Waals surface area contributed by atoms with Crippen molar-refractivity contribution in [1.29, 1.82) is 0 Å². The van der Waals surface area contributed by atoms with Gasteiger partial charge in [0.15, 0.2) is 5.13 Å². The summed E-state index contributed by atoms with van der Waals surface area (Å²) in [5.41, 5.74) is 0.0576. The smallest absolute Gasteiger partial charge is 0.339 e. The van der Waals surface area contributed by atoms with Crippen molar-refractivity contribution in [3.8, 4) is 0 Å². The van der Waals surface area contributed by atoms with Gasteiger partial charge in [-0.15, -0.1) is 11.3 Å². The van der Waals surface area contributed by atoms with Crippen LogP contribution >= 0.6 is 22.9 Å². The maximum atomic E-state index is 11.0. The lowest BCUT2D eigenvalue weighted by molar-refractivity contribution is 0.0697. The Hall–Kier alpha value is -1.66. The zero-order valence-electron chi connectivity index (χ0n) is 8.77. The first-order valence-corrected chi connectivity index (χ1v) is 5.85. The van der Waals surface area contributed by atoms with Gasteiger partial charge >= 0.3 is 5.97 Å². The Morgan fingerprint density at radius 2 is 2.29 bits per heavy atom. The predicted octanol–water partition coefficient (Wildman–Crippen LogP) is 2.94. The van der Waals surface area contributed by atoms with Crippen LogP contribution in [0, 0.1) is 6.92 Å². The number of hydrogen-bond acceptors (Lipinski definition) is 5. The Kier molecular flexibility index (Phi) is 3.26. The van der Waals surface area contributed by atoms with E-state index in [-0.39, 0.29) is 16.5 Å². The summed E-state index contributed by atoms with van der Waals surface area (Å²) in [7, 11) is 0. The number of carboxylic acid groups (broad SMARTS) is 1. The molecule has 0 aliphatic rings. The maximum Gasteiger partial charge on any atom is 0.339 e. The van der Waals surface area contributed by atoms with Crippen LogP contribution in [0.3, 0.4) is 0 Å². The number of rotatable bonds is 3. The summed E-state index contributed by atoms with van der Waals surface area (Å²) in [6.07, 6.45) is 1.69. The topological polar surface area (TPSA) is 75.1 Å². The molecule has 2 rings (SSSR count). The monoisotopic (exact) mass is 269 g/mol. The zero-order valence-corrected chi connectivity index (χ0v) is 10.3. The molecule has 5 nitrogen and oxygen atoms in total. The summed E-state index contributed by atoms with van der Waals surface area (Å²) >= 11 is 7.14. The van der Waals surface area contributed by atoms with E-state index in [2.05, 4.69) is 15.3 Å². The third kappa shape index (κ3) is 2.72. The number of aryl methyl sites for hydroxylation is 1. The van der Waals surface area contributed by atoms with Gasteiger partial charge in [-0.2, -0.15) is 0 Å². The Morgan fingerprint density at radius 3 is 2.88 bits per heavy atom. The highest BCUT2D eigenvalue weighted by atomic mass is 35.5. The fourth-order valence-electron chi connectivity index (χ4n) is 1.22. The molecule has 0 saturated heterocycles. The van der Waals surface area contributed by atoms with Crippen LogP contribution in [0.2, 0.25) is 5.15 Å². The summed E-state index contributed by atoms with van der Waals surface area (Å²) in [6.45, 7) is 1.91. The van der Waals surface area contributed by atoms with Crippen LogP contribution in [0.1, 0.15) is 15.2 Å². The minimum Gasteiger partial charge on any atom is -0.478 e. The number of pyridine rings is 1. The van der Waals surface area contributed by atoms with E-state index in [0.717, 1.165) is 4.88 Å². The molecule has 0 saturated carbocycles. The van der Waals surface area contributed by atoms with Gasteiger partial charge in [0.05, 0.1) is 0 Å². The van der Waals surface area contributed by atoms with E-state index in [4.69, 9.17) is 16.7 Å². The van der Waals surface area contributed by atoms with E-state index < -0.39 is 5.97 Å². The van der Waals surface area contributed by atoms with Crippen LogP contribution in [-0.2, 0) is 0 Å². The van der Waals surface area contributed by atoms with Gasteiger partial charge in [0.2, 0.25) is 0 Å². The summed E-state index contributed by atoms with van der Waals surface area (Å²) < 4.78 is 0. The molecule has 2 N–H and O–H groups in total. The summed E-state index contributed by atoms with van der Waals surface area (Å²) in [5, 5.41) is 12.7. The second-order valence-corrected chi connectivity index (χ2v) is 4.86. The number of nitrogens with one attached hydrogen (secondary N) is 1. The first-order chi connectivity index (χ1) is 8.06. The normalized spacial score (nSPS) is 10.2. The molecular weight excluding hydrogens is 262 g/mol. The van der Waals surface area contributed by atoms with Crippen molar-refractivity contribution in [1.82, 2.24) is 9.97 Å². The zero-order chi connectivity index (χ0) is 12.4. The molecule has 2 aromatic rings. The highest BCUT2D eigenvalue weighted by Gasteiger charge is 2.13. The lowest BCUT2D eigenvalue weighted by Crippen LogP contribution is -2.04. The van der Waals surface area contributed by atoms with Crippen LogP contribution in [0.5, 0.6) is 0 Å². The molecular formula is C10H8ClN3O2S. The second kappa shape index (κ2) is 4.68. The molecule has 7 heteroatoms. The molecule has 0 atom stereocenters. The minimum absolute atomic E-state index is 0.0576. The van der Waals surface area contributed by atoms with Crippen LogP contribution < -0.4 is 5.32 Å². The number of aromatic carboxylic acids is 1. The van der Waals surface area contributed by atoms with Gasteiger partial charge < -0.3 is 10.4 Å². The second-order valence-electron chi connectivity index (χ2n) is 3.24. The lowest BCUT2D eigenvalue weighted by atomic mass is 10.2. The van der Waals surface area contributed by atoms with Crippen LogP contribution in [0.4, 0.5) is 10.9 Å². The first-order valence-electron chi connectivity index (χ1n) is 4.65. The average Bonchev–Trinajstić information content (AvgIpc) is 2.63. The SMILES string of the molecule is Cc1cnc(Nc2nc(Cl)ccc2C(=O)O)s1. The van der Waals surface area contributed by atoms with E-state index in [1.54, 1.807) is 6.20 Å². The molecule has 88 valence electrons. The van der Waals surface area contributed by atoms with Crippen molar-refractivity contribution in [2.75, 3.05) is 5.32 Å². The number of nitrogens with zero attached hydrogens (tertiary/aromatic N) is 2. The van der Waals surface area contributed by atoms with Crippen molar-refractivity contribution >= 4 is 39.9 Å².